The van der Waals surface area contributed by atoms with Gasteiger partial charge in [-0.3, -0.25) is 0 Å². The average Bonchev–Trinajstić information content (AvgIpc) is 2.54. The minimum Gasteiger partial charge on any atom is -0.0935 e. The van der Waals surface area contributed by atoms with Crippen molar-refractivity contribution in [2.45, 2.75) is 13.3 Å². The summed E-state index contributed by atoms with van der Waals surface area (Å²) in [4.78, 5) is 0. The van der Waals surface area contributed by atoms with Crippen molar-refractivity contribution in [3.8, 4) is 0 Å². The maximum absolute atomic E-state index is 2.58. The predicted octanol–water partition coefficient (Wildman–Crippen LogP) is 2.37. The summed E-state index contributed by atoms with van der Waals surface area (Å²) in [7, 11) is -0.263. The zero-order valence-corrected chi connectivity index (χ0v) is 8.46. The fraction of sp³-hybridized carbons (Fsp3) is 0.364. The van der Waals surface area contributed by atoms with Crippen LogP contribution in [-0.4, -0.2) is 12.0 Å². The fourth-order valence-electron chi connectivity index (χ4n) is 1.79. The van der Waals surface area contributed by atoms with Crippen LogP contribution in [0.5, 0.6) is 0 Å². The Kier molecular flexibility index (Phi) is 2.37. The molecule has 0 radical (unpaired) electrons. The highest BCUT2D eigenvalue weighted by Gasteiger charge is 2.10. The molecular weight excluding hydrogens is 163 g/mol. The molecule has 12 heavy (non-hydrogen) atoms. The summed E-state index contributed by atoms with van der Waals surface area (Å²) in [5.74, 6) is 3.44. The molecular formula is C11H15P. The molecule has 0 saturated carbocycles. The van der Waals surface area contributed by atoms with Gasteiger partial charge in [0.2, 0.25) is 0 Å². The summed E-state index contributed by atoms with van der Waals surface area (Å²) < 4.78 is 0. The van der Waals surface area contributed by atoms with Gasteiger partial charge in [-0.25, -0.2) is 0 Å². The van der Waals surface area contributed by atoms with E-state index in [2.05, 4.69) is 43.1 Å². The lowest BCUT2D eigenvalue weighted by Gasteiger charge is -2.00. The van der Waals surface area contributed by atoms with Crippen LogP contribution in [0.4, 0.5) is 0 Å². The van der Waals surface area contributed by atoms with Gasteiger partial charge in [-0.15, -0.1) is 0 Å². The quantitative estimate of drug-likeness (QED) is 0.579. The van der Waals surface area contributed by atoms with Gasteiger partial charge in [-0.1, -0.05) is 50.6 Å². The molecule has 0 amide bonds. The first kappa shape index (κ1) is 8.13. The molecule has 1 aromatic carbocycles. The lowest BCUT2D eigenvalue weighted by Crippen LogP contribution is -1.94. The number of hydrogen-bond acceptors (Lipinski definition) is 0. The average molecular weight is 178 g/mol. The topological polar surface area (TPSA) is 0 Å². The van der Waals surface area contributed by atoms with E-state index in [1.807, 2.05) is 0 Å². The van der Waals surface area contributed by atoms with E-state index in [9.17, 15) is 0 Å². The Labute approximate surface area is 75.0 Å². The predicted molar refractivity (Wildman–Crippen MR) is 59.1 cm³/mol. The molecule has 64 valence electrons. The maximum atomic E-state index is 2.58. The second-order valence-corrected chi connectivity index (χ2v) is 6.04. The van der Waals surface area contributed by atoms with Gasteiger partial charge in [-0.05, 0) is 23.8 Å². The SMILES string of the molecule is CC1C=[PH](c2ccccc2)CC1. The van der Waals surface area contributed by atoms with Crippen LogP contribution in [-0.2, 0) is 0 Å². The fourth-order valence-corrected chi connectivity index (χ4v) is 4.67. The van der Waals surface area contributed by atoms with E-state index < -0.39 is 0 Å². The van der Waals surface area contributed by atoms with Crippen LogP contribution in [0.15, 0.2) is 30.3 Å². The Bertz CT molecular complexity index is 287. The van der Waals surface area contributed by atoms with Crippen molar-refractivity contribution in [1.29, 1.82) is 0 Å². The zero-order valence-electron chi connectivity index (χ0n) is 7.46. The molecule has 1 aliphatic heterocycles. The minimum absolute atomic E-state index is 0.263. The number of rotatable bonds is 1. The molecule has 1 aliphatic rings. The van der Waals surface area contributed by atoms with Crippen LogP contribution < -0.4 is 5.30 Å². The number of hydrogen-bond donors (Lipinski definition) is 0. The molecule has 0 aliphatic carbocycles. The lowest BCUT2D eigenvalue weighted by atomic mass is 10.2. The summed E-state index contributed by atoms with van der Waals surface area (Å²) in [5.41, 5.74) is 0. The van der Waals surface area contributed by atoms with Gasteiger partial charge >= 0.3 is 0 Å². The van der Waals surface area contributed by atoms with Crippen LogP contribution in [0.25, 0.3) is 0 Å². The van der Waals surface area contributed by atoms with Crippen LogP contribution in [0.1, 0.15) is 13.3 Å². The van der Waals surface area contributed by atoms with E-state index in [1.165, 1.54) is 12.6 Å². The molecule has 0 saturated heterocycles. The van der Waals surface area contributed by atoms with E-state index in [0.717, 1.165) is 5.92 Å². The van der Waals surface area contributed by atoms with Gasteiger partial charge in [0.15, 0.2) is 0 Å². The molecule has 2 rings (SSSR count). The molecule has 0 nitrogen and oxygen atoms in total. The van der Waals surface area contributed by atoms with Gasteiger partial charge < -0.3 is 0 Å². The maximum Gasteiger partial charge on any atom is -0.0253 e. The van der Waals surface area contributed by atoms with Gasteiger partial charge in [0, 0.05) is 0 Å². The number of benzene rings is 1. The third-order valence-corrected chi connectivity index (χ3v) is 5.37. The van der Waals surface area contributed by atoms with Crippen LogP contribution >= 0.6 is 7.55 Å². The highest BCUT2D eigenvalue weighted by molar-refractivity contribution is 7.65. The van der Waals surface area contributed by atoms with Crippen LogP contribution in [0.3, 0.4) is 0 Å². The summed E-state index contributed by atoms with van der Waals surface area (Å²) in [6.45, 7) is 2.33. The molecule has 2 unspecified atom stereocenters. The van der Waals surface area contributed by atoms with Gasteiger partial charge in [0.25, 0.3) is 0 Å². The smallest absolute Gasteiger partial charge is 0.0253 e. The van der Waals surface area contributed by atoms with Crippen molar-refractivity contribution in [3.05, 3.63) is 30.3 Å². The molecule has 2 atom stereocenters. The van der Waals surface area contributed by atoms with Crippen molar-refractivity contribution in [1.82, 2.24) is 0 Å². The zero-order chi connectivity index (χ0) is 8.39. The molecule has 1 heteroatoms. The van der Waals surface area contributed by atoms with Gasteiger partial charge in [-0.2, -0.15) is 0 Å². The van der Waals surface area contributed by atoms with E-state index >= 15 is 0 Å². The van der Waals surface area contributed by atoms with Gasteiger partial charge in [0.05, 0.1) is 0 Å². The molecule has 0 bridgehead atoms. The standard InChI is InChI=1S/C11H15P/c1-10-7-8-12(9-10)11-5-3-2-4-6-11/h2-6,9-10,12H,7-8H2,1H3. The van der Waals surface area contributed by atoms with E-state index in [4.69, 9.17) is 0 Å². The highest BCUT2D eigenvalue weighted by atomic mass is 31.1. The first-order valence-corrected chi connectivity index (χ1v) is 6.41. The normalized spacial score (nSPS) is 28.4. The largest absolute Gasteiger partial charge is 0.0935 e. The monoisotopic (exact) mass is 178 g/mol. The first-order chi connectivity index (χ1) is 5.86. The van der Waals surface area contributed by atoms with Crippen molar-refractivity contribution in [3.63, 3.8) is 0 Å². The Balaban J connectivity index is 2.27. The molecule has 0 fully saturated rings. The summed E-state index contributed by atoms with van der Waals surface area (Å²) >= 11 is 0. The molecule has 0 spiro atoms. The van der Waals surface area contributed by atoms with Crippen molar-refractivity contribution >= 4 is 18.6 Å². The highest BCUT2D eigenvalue weighted by Crippen LogP contribution is 2.31. The third kappa shape index (κ3) is 1.64. The molecule has 1 aromatic rings. The molecule has 1 heterocycles. The molecule has 0 aromatic heterocycles. The van der Waals surface area contributed by atoms with E-state index in [-0.39, 0.29) is 7.55 Å². The van der Waals surface area contributed by atoms with E-state index in [0.29, 0.717) is 0 Å². The lowest BCUT2D eigenvalue weighted by molar-refractivity contribution is 0.781. The van der Waals surface area contributed by atoms with E-state index in [1.54, 1.807) is 5.30 Å². The third-order valence-electron chi connectivity index (χ3n) is 2.50. The second kappa shape index (κ2) is 3.49. The Morgan fingerprint density at radius 2 is 2.00 bits per heavy atom. The van der Waals surface area contributed by atoms with Crippen molar-refractivity contribution in [2.75, 3.05) is 6.16 Å². The minimum atomic E-state index is -0.263. The Hall–Kier alpha value is -0.480. The molecule has 0 N–H and O–H groups in total. The van der Waals surface area contributed by atoms with Crippen molar-refractivity contribution in [2.24, 2.45) is 5.92 Å². The second-order valence-electron chi connectivity index (χ2n) is 3.57. The Morgan fingerprint density at radius 1 is 1.25 bits per heavy atom. The Morgan fingerprint density at radius 3 is 2.58 bits per heavy atom. The first-order valence-electron chi connectivity index (χ1n) is 4.62. The van der Waals surface area contributed by atoms with Crippen molar-refractivity contribution < 1.29 is 0 Å². The summed E-state index contributed by atoms with van der Waals surface area (Å²) in [6, 6.07) is 11.0. The van der Waals surface area contributed by atoms with Crippen LogP contribution in [0.2, 0.25) is 0 Å². The summed E-state index contributed by atoms with van der Waals surface area (Å²) in [5, 5.41) is 1.59. The summed E-state index contributed by atoms with van der Waals surface area (Å²) in [6.07, 6.45) is 2.85. The van der Waals surface area contributed by atoms with Gasteiger partial charge in [0.1, 0.15) is 0 Å². The van der Waals surface area contributed by atoms with Crippen LogP contribution in [0, 0.1) is 5.92 Å².